The molecule has 0 radical (unpaired) electrons. The molecule has 1 unspecified atom stereocenters. The van der Waals surface area contributed by atoms with Gasteiger partial charge in [-0.1, -0.05) is 38.3 Å². The lowest BCUT2D eigenvalue weighted by molar-refractivity contribution is 0.300. The van der Waals surface area contributed by atoms with E-state index in [0.717, 1.165) is 29.7 Å². The Bertz CT molecular complexity index is 352. The summed E-state index contributed by atoms with van der Waals surface area (Å²) in [7, 11) is 0. The van der Waals surface area contributed by atoms with Gasteiger partial charge in [-0.25, -0.2) is 0 Å². The smallest absolute Gasteiger partial charge is 0.136 e. The molecular weight excluding hydrogens is 290 g/mol. The summed E-state index contributed by atoms with van der Waals surface area (Å²) < 4.78 is 6.94. The molecule has 0 aromatic heterocycles. The molecule has 1 aromatic rings. The highest BCUT2D eigenvalue weighted by atomic mass is 79.9. The van der Waals surface area contributed by atoms with Crippen LogP contribution in [0.1, 0.15) is 45.1 Å². The Balaban J connectivity index is 2.56. The average Bonchev–Trinajstić information content (AvgIpc) is 2.31. The molecule has 1 atom stereocenters. The first kappa shape index (κ1) is 15.5. The van der Waals surface area contributed by atoms with E-state index in [-0.39, 0.29) is 6.04 Å². The van der Waals surface area contributed by atoms with Crippen LogP contribution in [0.3, 0.4) is 0 Å². The van der Waals surface area contributed by atoms with Crippen LogP contribution in [-0.2, 0) is 6.42 Å². The summed E-state index contributed by atoms with van der Waals surface area (Å²) in [5.74, 6) is 0.964. The van der Waals surface area contributed by atoms with E-state index in [2.05, 4.69) is 28.9 Å². The lowest BCUT2D eigenvalue weighted by atomic mass is 10.1. The second-order valence-corrected chi connectivity index (χ2v) is 5.67. The maximum Gasteiger partial charge on any atom is 0.136 e. The minimum atomic E-state index is 0.154. The number of rotatable bonds is 8. The Morgan fingerprint density at radius 2 is 2.06 bits per heavy atom. The summed E-state index contributed by atoms with van der Waals surface area (Å²) in [6.45, 7) is 5.02. The summed E-state index contributed by atoms with van der Waals surface area (Å²) in [5, 5.41) is 0. The van der Waals surface area contributed by atoms with Crippen LogP contribution in [-0.4, -0.2) is 12.6 Å². The fraction of sp³-hybridized carbons (Fsp3) is 0.600. The minimum Gasteiger partial charge on any atom is -0.492 e. The van der Waals surface area contributed by atoms with E-state index in [1.807, 2.05) is 19.1 Å². The second kappa shape index (κ2) is 8.54. The SMILES string of the molecule is CCCCCCOc1c(Br)cccc1CC(C)N. The highest BCUT2D eigenvalue weighted by Gasteiger charge is 2.09. The molecule has 0 saturated carbocycles. The van der Waals surface area contributed by atoms with Crippen LogP contribution in [0.15, 0.2) is 22.7 Å². The molecule has 0 spiro atoms. The maximum absolute atomic E-state index is 5.91. The van der Waals surface area contributed by atoms with E-state index in [1.165, 1.54) is 24.8 Å². The van der Waals surface area contributed by atoms with E-state index in [4.69, 9.17) is 10.5 Å². The highest BCUT2D eigenvalue weighted by molar-refractivity contribution is 9.10. The monoisotopic (exact) mass is 313 g/mol. The number of para-hydroxylation sites is 1. The third kappa shape index (κ3) is 5.40. The molecule has 1 aromatic carbocycles. The first-order valence-electron chi connectivity index (χ1n) is 6.81. The van der Waals surface area contributed by atoms with Gasteiger partial charge in [0.15, 0.2) is 0 Å². The van der Waals surface area contributed by atoms with Crippen LogP contribution < -0.4 is 10.5 Å². The number of benzene rings is 1. The molecule has 2 N–H and O–H groups in total. The average molecular weight is 314 g/mol. The lowest BCUT2D eigenvalue weighted by Crippen LogP contribution is -2.18. The minimum absolute atomic E-state index is 0.154. The molecule has 3 heteroatoms. The zero-order valence-electron chi connectivity index (χ0n) is 11.4. The predicted octanol–water partition coefficient (Wildman–Crippen LogP) is 4.30. The van der Waals surface area contributed by atoms with E-state index in [9.17, 15) is 0 Å². The molecule has 1 rings (SSSR count). The quantitative estimate of drug-likeness (QED) is 0.726. The summed E-state index contributed by atoms with van der Waals surface area (Å²) in [6, 6.07) is 6.30. The fourth-order valence-electron chi connectivity index (χ4n) is 1.93. The van der Waals surface area contributed by atoms with Crippen LogP contribution >= 0.6 is 15.9 Å². The van der Waals surface area contributed by atoms with Crippen molar-refractivity contribution in [3.05, 3.63) is 28.2 Å². The molecular formula is C15H24BrNO. The van der Waals surface area contributed by atoms with Crippen molar-refractivity contribution in [3.8, 4) is 5.75 Å². The van der Waals surface area contributed by atoms with Crippen molar-refractivity contribution in [2.24, 2.45) is 5.73 Å². The van der Waals surface area contributed by atoms with Gasteiger partial charge >= 0.3 is 0 Å². The number of hydrogen-bond acceptors (Lipinski definition) is 2. The van der Waals surface area contributed by atoms with Gasteiger partial charge in [-0.3, -0.25) is 0 Å². The molecule has 0 aliphatic heterocycles. The highest BCUT2D eigenvalue weighted by Crippen LogP contribution is 2.30. The van der Waals surface area contributed by atoms with Gasteiger partial charge in [-0.15, -0.1) is 0 Å². The van der Waals surface area contributed by atoms with Crippen LogP contribution in [0.2, 0.25) is 0 Å². The van der Waals surface area contributed by atoms with Gasteiger partial charge in [0.2, 0.25) is 0 Å². The molecule has 0 bridgehead atoms. The Labute approximate surface area is 119 Å². The van der Waals surface area contributed by atoms with Crippen molar-refractivity contribution in [1.82, 2.24) is 0 Å². The van der Waals surface area contributed by atoms with E-state index in [1.54, 1.807) is 0 Å². The van der Waals surface area contributed by atoms with Crippen LogP contribution in [0.25, 0.3) is 0 Å². The van der Waals surface area contributed by atoms with Gasteiger partial charge in [-0.05, 0) is 47.3 Å². The van der Waals surface area contributed by atoms with Gasteiger partial charge in [0.25, 0.3) is 0 Å². The number of halogens is 1. The van der Waals surface area contributed by atoms with Crippen molar-refractivity contribution >= 4 is 15.9 Å². The Hall–Kier alpha value is -0.540. The number of nitrogens with two attached hydrogens (primary N) is 1. The second-order valence-electron chi connectivity index (χ2n) is 4.82. The van der Waals surface area contributed by atoms with Crippen molar-refractivity contribution < 1.29 is 4.74 Å². The van der Waals surface area contributed by atoms with Crippen molar-refractivity contribution in [1.29, 1.82) is 0 Å². The van der Waals surface area contributed by atoms with Crippen molar-refractivity contribution in [2.75, 3.05) is 6.61 Å². The van der Waals surface area contributed by atoms with Crippen LogP contribution in [0.5, 0.6) is 5.75 Å². The van der Waals surface area contributed by atoms with Gasteiger partial charge in [0.05, 0.1) is 11.1 Å². The first-order chi connectivity index (χ1) is 8.65. The molecule has 18 heavy (non-hydrogen) atoms. The van der Waals surface area contributed by atoms with Gasteiger partial charge in [-0.2, -0.15) is 0 Å². The van der Waals surface area contributed by atoms with Gasteiger partial charge < -0.3 is 10.5 Å². The summed E-state index contributed by atoms with van der Waals surface area (Å²) in [4.78, 5) is 0. The topological polar surface area (TPSA) is 35.2 Å². The van der Waals surface area contributed by atoms with E-state index >= 15 is 0 Å². The maximum atomic E-state index is 5.91. The molecule has 0 amide bonds. The van der Waals surface area contributed by atoms with Crippen LogP contribution in [0.4, 0.5) is 0 Å². The number of unbranched alkanes of at least 4 members (excludes halogenated alkanes) is 3. The van der Waals surface area contributed by atoms with Gasteiger partial charge in [0, 0.05) is 6.04 Å². The third-order valence-electron chi connectivity index (χ3n) is 2.83. The molecule has 0 heterocycles. The normalized spacial score (nSPS) is 12.4. The first-order valence-corrected chi connectivity index (χ1v) is 7.60. The molecule has 0 aliphatic carbocycles. The molecule has 2 nitrogen and oxygen atoms in total. The molecule has 0 fully saturated rings. The summed E-state index contributed by atoms with van der Waals surface area (Å²) in [5.41, 5.74) is 7.06. The standard InChI is InChI=1S/C15H24BrNO/c1-3-4-5-6-10-18-15-13(11-12(2)17)8-7-9-14(15)16/h7-9,12H,3-6,10-11,17H2,1-2H3. The lowest BCUT2D eigenvalue weighted by Gasteiger charge is -2.14. The molecule has 0 saturated heterocycles. The third-order valence-corrected chi connectivity index (χ3v) is 3.46. The van der Waals surface area contributed by atoms with Crippen molar-refractivity contribution in [3.63, 3.8) is 0 Å². The fourth-order valence-corrected chi connectivity index (χ4v) is 2.45. The summed E-state index contributed by atoms with van der Waals surface area (Å²) in [6.07, 6.45) is 5.75. The zero-order chi connectivity index (χ0) is 13.4. The zero-order valence-corrected chi connectivity index (χ0v) is 13.0. The van der Waals surface area contributed by atoms with E-state index in [0.29, 0.717) is 0 Å². The van der Waals surface area contributed by atoms with Gasteiger partial charge in [0.1, 0.15) is 5.75 Å². The number of hydrogen-bond donors (Lipinski definition) is 1. The largest absolute Gasteiger partial charge is 0.492 e. The Morgan fingerprint density at radius 3 is 2.72 bits per heavy atom. The Morgan fingerprint density at radius 1 is 1.28 bits per heavy atom. The molecule has 0 aliphatic rings. The predicted molar refractivity (Wildman–Crippen MR) is 81.1 cm³/mol. The van der Waals surface area contributed by atoms with Crippen molar-refractivity contribution in [2.45, 2.75) is 52.0 Å². The van der Waals surface area contributed by atoms with E-state index < -0.39 is 0 Å². The number of ether oxygens (including phenoxy) is 1. The molecule has 102 valence electrons. The Kier molecular flexibility index (Phi) is 7.36. The van der Waals surface area contributed by atoms with Crippen LogP contribution in [0, 0.1) is 0 Å². The summed E-state index contributed by atoms with van der Waals surface area (Å²) >= 11 is 3.55.